The van der Waals surface area contributed by atoms with Crippen LogP contribution in [-0.2, 0) is 0 Å². The summed E-state index contributed by atoms with van der Waals surface area (Å²) in [6.07, 6.45) is 3.31. The van der Waals surface area contributed by atoms with Crippen LogP contribution in [-0.4, -0.2) is 17.8 Å². The summed E-state index contributed by atoms with van der Waals surface area (Å²) in [5.74, 6) is 0.443. The zero-order chi connectivity index (χ0) is 7.98. The first kappa shape index (κ1) is 9.92. The molecular weight excluding hydrogens is 126 g/mol. The molecule has 0 aliphatic heterocycles. The van der Waals surface area contributed by atoms with E-state index in [1.807, 2.05) is 6.92 Å². The van der Waals surface area contributed by atoms with Gasteiger partial charge >= 0.3 is 0 Å². The number of aliphatic hydroxyl groups is 1. The minimum absolute atomic E-state index is 0.305. The Balaban J connectivity index is 3.03. The first-order valence-electron chi connectivity index (χ1n) is 4.03. The normalized spacial score (nSPS) is 16.8. The summed E-state index contributed by atoms with van der Waals surface area (Å²) in [5.41, 5.74) is 5.56. The Labute approximate surface area is 63.4 Å². The predicted octanol–water partition coefficient (Wildman–Crippen LogP) is 1.13. The third-order valence-corrected chi connectivity index (χ3v) is 1.67. The molecule has 2 heteroatoms. The summed E-state index contributed by atoms with van der Waals surface area (Å²) in [4.78, 5) is 0. The summed E-state index contributed by atoms with van der Waals surface area (Å²) in [6.45, 7) is 4.38. The molecule has 2 atom stereocenters. The first-order valence-corrected chi connectivity index (χ1v) is 4.03. The van der Waals surface area contributed by atoms with E-state index in [4.69, 9.17) is 10.8 Å². The van der Waals surface area contributed by atoms with Crippen LogP contribution < -0.4 is 5.73 Å². The highest BCUT2D eigenvalue weighted by molar-refractivity contribution is 4.56. The summed E-state index contributed by atoms with van der Waals surface area (Å²) in [6, 6.07) is 0.311. The van der Waals surface area contributed by atoms with Crippen LogP contribution in [0.5, 0.6) is 0 Å². The van der Waals surface area contributed by atoms with Gasteiger partial charge in [0.1, 0.15) is 0 Å². The molecule has 62 valence electrons. The van der Waals surface area contributed by atoms with Gasteiger partial charge in [-0.1, -0.05) is 13.3 Å². The predicted molar refractivity (Wildman–Crippen MR) is 43.8 cm³/mol. The van der Waals surface area contributed by atoms with E-state index in [1.54, 1.807) is 0 Å². The number of hydrogen-bond acceptors (Lipinski definition) is 2. The standard InChI is InChI=1S/C8H19NO/c1-7(6-10)4-3-5-8(2)9/h7-8,10H,3-6,9H2,1-2H3. The van der Waals surface area contributed by atoms with E-state index in [0.717, 1.165) is 19.3 Å². The van der Waals surface area contributed by atoms with Gasteiger partial charge in [0.15, 0.2) is 0 Å². The third-order valence-electron chi connectivity index (χ3n) is 1.67. The fraction of sp³-hybridized carbons (Fsp3) is 1.00. The van der Waals surface area contributed by atoms with Crippen molar-refractivity contribution in [1.29, 1.82) is 0 Å². The minimum atomic E-state index is 0.305. The molecule has 0 bridgehead atoms. The molecule has 0 aromatic rings. The van der Waals surface area contributed by atoms with Crippen LogP contribution in [0.25, 0.3) is 0 Å². The van der Waals surface area contributed by atoms with Crippen LogP contribution in [0.2, 0.25) is 0 Å². The molecule has 0 aliphatic rings. The molecule has 0 aliphatic carbocycles. The molecule has 0 heterocycles. The van der Waals surface area contributed by atoms with Crippen molar-refractivity contribution in [3.63, 3.8) is 0 Å². The largest absolute Gasteiger partial charge is 0.396 e. The summed E-state index contributed by atoms with van der Waals surface area (Å²) < 4.78 is 0. The van der Waals surface area contributed by atoms with Gasteiger partial charge in [-0.2, -0.15) is 0 Å². The number of nitrogens with two attached hydrogens (primary N) is 1. The monoisotopic (exact) mass is 145 g/mol. The minimum Gasteiger partial charge on any atom is -0.396 e. The van der Waals surface area contributed by atoms with Crippen molar-refractivity contribution in [3.8, 4) is 0 Å². The van der Waals surface area contributed by atoms with Gasteiger partial charge in [-0.3, -0.25) is 0 Å². The van der Waals surface area contributed by atoms with Gasteiger partial charge in [-0.25, -0.2) is 0 Å². The Morgan fingerprint density at radius 3 is 2.30 bits per heavy atom. The van der Waals surface area contributed by atoms with Gasteiger partial charge in [-0.15, -0.1) is 0 Å². The molecule has 0 spiro atoms. The fourth-order valence-corrected chi connectivity index (χ4v) is 0.880. The molecule has 0 amide bonds. The smallest absolute Gasteiger partial charge is 0.0456 e. The lowest BCUT2D eigenvalue weighted by atomic mass is 10.0. The topological polar surface area (TPSA) is 46.2 Å². The quantitative estimate of drug-likeness (QED) is 0.609. The Morgan fingerprint density at radius 1 is 1.30 bits per heavy atom. The van der Waals surface area contributed by atoms with E-state index in [0.29, 0.717) is 18.6 Å². The fourth-order valence-electron chi connectivity index (χ4n) is 0.880. The van der Waals surface area contributed by atoms with Crippen molar-refractivity contribution >= 4 is 0 Å². The second-order valence-corrected chi connectivity index (χ2v) is 3.20. The van der Waals surface area contributed by atoms with Crippen molar-refractivity contribution < 1.29 is 5.11 Å². The van der Waals surface area contributed by atoms with E-state index in [9.17, 15) is 0 Å². The molecule has 0 saturated heterocycles. The van der Waals surface area contributed by atoms with Crippen LogP contribution in [0.3, 0.4) is 0 Å². The average Bonchev–Trinajstić information content (AvgIpc) is 1.87. The van der Waals surface area contributed by atoms with E-state index >= 15 is 0 Å². The molecule has 3 N–H and O–H groups in total. The molecular formula is C8H19NO. The molecule has 0 saturated carbocycles. The van der Waals surface area contributed by atoms with Crippen LogP contribution in [0.15, 0.2) is 0 Å². The van der Waals surface area contributed by atoms with Gasteiger partial charge in [0.05, 0.1) is 0 Å². The van der Waals surface area contributed by atoms with E-state index < -0.39 is 0 Å². The Bertz CT molecular complexity index is 73.7. The highest BCUT2D eigenvalue weighted by Crippen LogP contribution is 2.07. The zero-order valence-corrected chi connectivity index (χ0v) is 7.01. The molecule has 0 rings (SSSR count). The first-order chi connectivity index (χ1) is 4.66. The van der Waals surface area contributed by atoms with Crippen LogP contribution in [0.1, 0.15) is 33.1 Å². The Hall–Kier alpha value is -0.0800. The number of hydrogen-bond donors (Lipinski definition) is 2. The summed E-state index contributed by atoms with van der Waals surface area (Å²) in [5, 5.41) is 8.67. The maximum Gasteiger partial charge on any atom is 0.0456 e. The van der Waals surface area contributed by atoms with Gasteiger partial charge in [0.25, 0.3) is 0 Å². The van der Waals surface area contributed by atoms with E-state index in [-0.39, 0.29) is 0 Å². The van der Waals surface area contributed by atoms with Crippen LogP contribution >= 0.6 is 0 Å². The molecule has 0 radical (unpaired) electrons. The highest BCUT2D eigenvalue weighted by atomic mass is 16.3. The third kappa shape index (κ3) is 6.05. The van der Waals surface area contributed by atoms with Crippen molar-refractivity contribution in [2.24, 2.45) is 11.7 Å². The van der Waals surface area contributed by atoms with Crippen LogP contribution in [0.4, 0.5) is 0 Å². The molecule has 0 aromatic heterocycles. The van der Waals surface area contributed by atoms with E-state index in [1.165, 1.54) is 0 Å². The number of aliphatic hydroxyl groups excluding tert-OH is 1. The van der Waals surface area contributed by atoms with Gasteiger partial charge in [-0.05, 0) is 25.7 Å². The van der Waals surface area contributed by atoms with Crippen LogP contribution in [0, 0.1) is 5.92 Å². The Kier molecular flexibility index (Phi) is 5.64. The van der Waals surface area contributed by atoms with Crippen molar-refractivity contribution in [2.45, 2.75) is 39.2 Å². The van der Waals surface area contributed by atoms with E-state index in [2.05, 4.69) is 6.92 Å². The molecule has 2 unspecified atom stereocenters. The average molecular weight is 145 g/mol. The Morgan fingerprint density at radius 2 is 1.90 bits per heavy atom. The molecule has 0 fully saturated rings. The van der Waals surface area contributed by atoms with Crippen molar-refractivity contribution in [1.82, 2.24) is 0 Å². The summed E-state index contributed by atoms with van der Waals surface area (Å²) >= 11 is 0. The second kappa shape index (κ2) is 5.69. The van der Waals surface area contributed by atoms with Crippen molar-refractivity contribution in [3.05, 3.63) is 0 Å². The zero-order valence-electron chi connectivity index (χ0n) is 7.01. The maximum atomic E-state index is 8.67. The summed E-state index contributed by atoms with van der Waals surface area (Å²) in [7, 11) is 0. The molecule has 2 nitrogen and oxygen atoms in total. The lowest BCUT2D eigenvalue weighted by molar-refractivity contribution is 0.227. The van der Waals surface area contributed by atoms with Gasteiger partial charge in [0, 0.05) is 12.6 Å². The number of rotatable bonds is 5. The van der Waals surface area contributed by atoms with Gasteiger partial charge < -0.3 is 10.8 Å². The molecule has 10 heavy (non-hydrogen) atoms. The van der Waals surface area contributed by atoms with Gasteiger partial charge in [0.2, 0.25) is 0 Å². The SMILES string of the molecule is CC(N)CCCC(C)CO. The lowest BCUT2D eigenvalue weighted by Crippen LogP contribution is -2.14. The van der Waals surface area contributed by atoms with Crippen molar-refractivity contribution in [2.75, 3.05) is 6.61 Å². The second-order valence-electron chi connectivity index (χ2n) is 3.20. The lowest BCUT2D eigenvalue weighted by Gasteiger charge is -2.08. The molecule has 0 aromatic carbocycles. The maximum absolute atomic E-state index is 8.67. The highest BCUT2D eigenvalue weighted by Gasteiger charge is 2.00.